The number of carbonyl (C=O) groups excluding carboxylic acids is 2. The van der Waals surface area contributed by atoms with Crippen molar-refractivity contribution in [3.05, 3.63) is 41.2 Å². The number of nitrogens with zero attached hydrogens (tertiary/aromatic N) is 3. The number of hydrogen-bond acceptors (Lipinski definition) is 4. The van der Waals surface area contributed by atoms with Crippen LogP contribution < -0.4 is 10.6 Å². The first-order chi connectivity index (χ1) is 12.0. The van der Waals surface area contributed by atoms with E-state index in [2.05, 4.69) is 20.8 Å². The number of amides is 2. The first-order valence-electron chi connectivity index (χ1n) is 8.29. The minimum Gasteiger partial charge on any atom is -0.351 e. The summed E-state index contributed by atoms with van der Waals surface area (Å²) in [5, 5.41) is 13.8. The number of fused-ring (bicyclic) bond motifs is 2. The molecule has 1 aromatic carbocycles. The molecule has 0 saturated carbocycles. The molecule has 25 heavy (non-hydrogen) atoms. The van der Waals surface area contributed by atoms with Crippen LogP contribution in [0.15, 0.2) is 18.2 Å². The van der Waals surface area contributed by atoms with Gasteiger partial charge in [0.15, 0.2) is 0 Å². The fourth-order valence-corrected chi connectivity index (χ4v) is 3.55. The van der Waals surface area contributed by atoms with Gasteiger partial charge in [0.05, 0.1) is 5.92 Å². The lowest BCUT2D eigenvalue weighted by molar-refractivity contribution is -0.127. The zero-order valence-electron chi connectivity index (χ0n) is 13.8. The minimum atomic E-state index is -0.604. The Balaban J connectivity index is 1.52. The Morgan fingerprint density at radius 3 is 3.08 bits per heavy atom. The molecule has 7 nitrogen and oxygen atoms in total. The van der Waals surface area contributed by atoms with Crippen molar-refractivity contribution >= 4 is 17.5 Å². The van der Waals surface area contributed by atoms with Crippen molar-refractivity contribution in [2.75, 3.05) is 5.32 Å². The van der Waals surface area contributed by atoms with Crippen LogP contribution in [-0.2, 0) is 22.6 Å². The van der Waals surface area contributed by atoms with E-state index in [1.807, 2.05) is 11.5 Å². The number of halogens is 1. The summed E-state index contributed by atoms with van der Waals surface area (Å²) in [7, 11) is 0. The van der Waals surface area contributed by atoms with Crippen LogP contribution in [0.2, 0.25) is 0 Å². The van der Waals surface area contributed by atoms with Crippen molar-refractivity contribution in [2.24, 2.45) is 0 Å². The number of benzene rings is 1. The quantitative estimate of drug-likeness (QED) is 0.860. The standard InChI is InChI=1S/C17H18FN5O2/c1-9-21-22-15-5-3-11(8-23(9)15)19-17(25)13-7-16(24)20-14-6-10(18)2-4-12(13)14/h2,4,6,11,13H,3,5,7-8H2,1H3,(H,19,25)(H,20,24)/t11-,13+/m1/s1. The van der Waals surface area contributed by atoms with Gasteiger partial charge in [-0.15, -0.1) is 10.2 Å². The molecular formula is C17H18FN5O2. The molecule has 0 saturated heterocycles. The molecule has 2 aliphatic heterocycles. The summed E-state index contributed by atoms with van der Waals surface area (Å²) in [6.45, 7) is 2.51. The predicted molar refractivity (Wildman–Crippen MR) is 87.4 cm³/mol. The van der Waals surface area contributed by atoms with Gasteiger partial charge in [-0.25, -0.2) is 4.39 Å². The van der Waals surface area contributed by atoms with E-state index in [-0.39, 0.29) is 24.3 Å². The van der Waals surface area contributed by atoms with E-state index in [0.29, 0.717) is 17.8 Å². The minimum absolute atomic E-state index is 0.0383. The maximum Gasteiger partial charge on any atom is 0.228 e. The number of hydrogen-bond donors (Lipinski definition) is 2. The van der Waals surface area contributed by atoms with Crippen LogP contribution in [0.5, 0.6) is 0 Å². The van der Waals surface area contributed by atoms with Crippen molar-refractivity contribution in [3.8, 4) is 0 Å². The van der Waals surface area contributed by atoms with Crippen molar-refractivity contribution in [2.45, 2.75) is 44.7 Å². The summed E-state index contributed by atoms with van der Waals surface area (Å²) in [6, 6.07) is 4.09. The molecule has 1 aromatic heterocycles. The first kappa shape index (κ1) is 15.7. The lowest BCUT2D eigenvalue weighted by Gasteiger charge is -2.29. The summed E-state index contributed by atoms with van der Waals surface area (Å²) in [5.41, 5.74) is 1.02. The van der Waals surface area contributed by atoms with Gasteiger partial charge in [0, 0.05) is 31.1 Å². The van der Waals surface area contributed by atoms with E-state index < -0.39 is 11.7 Å². The molecule has 2 aliphatic rings. The second-order valence-corrected chi connectivity index (χ2v) is 6.55. The fourth-order valence-electron chi connectivity index (χ4n) is 3.55. The predicted octanol–water partition coefficient (Wildman–Crippen LogP) is 1.28. The highest BCUT2D eigenvalue weighted by atomic mass is 19.1. The number of rotatable bonds is 2. The summed E-state index contributed by atoms with van der Waals surface area (Å²) in [5.74, 6) is 0.226. The molecule has 0 fully saturated rings. The lowest BCUT2D eigenvalue weighted by Crippen LogP contribution is -2.44. The summed E-state index contributed by atoms with van der Waals surface area (Å²) in [4.78, 5) is 24.7. The molecule has 0 bridgehead atoms. The van der Waals surface area contributed by atoms with Crippen molar-refractivity contribution in [3.63, 3.8) is 0 Å². The molecule has 2 aromatic rings. The topological polar surface area (TPSA) is 88.9 Å². The third kappa shape index (κ3) is 2.88. The smallest absolute Gasteiger partial charge is 0.228 e. The number of carbonyl (C=O) groups is 2. The van der Waals surface area contributed by atoms with E-state index in [4.69, 9.17) is 0 Å². The van der Waals surface area contributed by atoms with Crippen LogP contribution in [0.1, 0.15) is 36.0 Å². The van der Waals surface area contributed by atoms with Gasteiger partial charge in [0.25, 0.3) is 0 Å². The molecule has 130 valence electrons. The molecule has 8 heteroatoms. The van der Waals surface area contributed by atoms with Gasteiger partial charge in [-0.05, 0) is 31.0 Å². The average Bonchev–Trinajstić information content (AvgIpc) is 2.94. The second-order valence-electron chi connectivity index (χ2n) is 6.55. The maximum atomic E-state index is 13.4. The van der Waals surface area contributed by atoms with E-state index in [9.17, 15) is 14.0 Å². The molecule has 0 aliphatic carbocycles. The Kier molecular flexibility index (Phi) is 3.74. The second kappa shape index (κ2) is 5.94. The maximum absolute atomic E-state index is 13.4. The van der Waals surface area contributed by atoms with E-state index >= 15 is 0 Å². The third-order valence-corrected chi connectivity index (χ3v) is 4.85. The fraction of sp³-hybridized carbons (Fsp3) is 0.412. The number of anilines is 1. The van der Waals surface area contributed by atoms with Gasteiger partial charge in [0.1, 0.15) is 17.5 Å². The van der Waals surface area contributed by atoms with Gasteiger partial charge in [-0.1, -0.05) is 6.07 Å². The number of aromatic nitrogens is 3. The van der Waals surface area contributed by atoms with Crippen LogP contribution in [0.4, 0.5) is 10.1 Å². The van der Waals surface area contributed by atoms with Gasteiger partial charge < -0.3 is 15.2 Å². The molecule has 0 radical (unpaired) electrons. The molecule has 0 spiro atoms. The average molecular weight is 343 g/mol. The molecule has 3 heterocycles. The lowest BCUT2D eigenvalue weighted by atomic mass is 9.89. The van der Waals surface area contributed by atoms with Gasteiger partial charge in [0.2, 0.25) is 11.8 Å². The Hall–Kier alpha value is -2.77. The zero-order chi connectivity index (χ0) is 17.6. The normalized spacial score (nSPS) is 21.9. The largest absolute Gasteiger partial charge is 0.351 e. The third-order valence-electron chi connectivity index (χ3n) is 4.85. The van der Waals surface area contributed by atoms with E-state index in [1.54, 1.807) is 6.07 Å². The summed E-state index contributed by atoms with van der Waals surface area (Å²) in [6.07, 6.45) is 1.59. The SMILES string of the molecule is Cc1nnc2n1C[C@H](NC(=O)[C@H]1CC(=O)Nc3cc(F)ccc31)CC2. The Labute approximate surface area is 143 Å². The number of aryl methyl sites for hydroxylation is 2. The van der Waals surface area contributed by atoms with Crippen LogP contribution in [-0.4, -0.2) is 32.6 Å². The molecule has 2 atom stereocenters. The van der Waals surface area contributed by atoms with Gasteiger partial charge >= 0.3 is 0 Å². The Morgan fingerprint density at radius 2 is 2.24 bits per heavy atom. The van der Waals surface area contributed by atoms with Crippen molar-refractivity contribution in [1.82, 2.24) is 20.1 Å². The Morgan fingerprint density at radius 1 is 1.40 bits per heavy atom. The summed E-state index contributed by atoms with van der Waals surface area (Å²) >= 11 is 0. The molecule has 2 N–H and O–H groups in total. The highest BCUT2D eigenvalue weighted by Gasteiger charge is 2.33. The monoisotopic (exact) mass is 343 g/mol. The van der Waals surface area contributed by atoms with E-state index in [1.165, 1.54) is 12.1 Å². The summed E-state index contributed by atoms with van der Waals surface area (Å²) < 4.78 is 15.4. The molecule has 4 rings (SSSR count). The van der Waals surface area contributed by atoms with Crippen LogP contribution in [0.25, 0.3) is 0 Å². The molecule has 0 unspecified atom stereocenters. The highest BCUT2D eigenvalue weighted by molar-refractivity contribution is 6.01. The Bertz CT molecular complexity index is 863. The first-order valence-corrected chi connectivity index (χ1v) is 8.29. The highest BCUT2D eigenvalue weighted by Crippen LogP contribution is 2.33. The van der Waals surface area contributed by atoms with Gasteiger partial charge in [-0.2, -0.15) is 0 Å². The zero-order valence-corrected chi connectivity index (χ0v) is 13.8. The van der Waals surface area contributed by atoms with Crippen molar-refractivity contribution in [1.29, 1.82) is 0 Å². The molecule has 2 amide bonds. The van der Waals surface area contributed by atoms with Crippen LogP contribution in [0.3, 0.4) is 0 Å². The van der Waals surface area contributed by atoms with Crippen molar-refractivity contribution < 1.29 is 14.0 Å². The van der Waals surface area contributed by atoms with Gasteiger partial charge in [-0.3, -0.25) is 9.59 Å². The van der Waals surface area contributed by atoms with Crippen LogP contribution >= 0.6 is 0 Å². The molecular weight excluding hydrogens is 325 g/mol. The van der Waals surface area contributed by atoms with Crippen LogP contribution in [0, 0.1) is 12.7 Å². The van der Waals surface area contributed by atoms with E-state index in [0.717, 1.165) is 24.5 Å². The number of nitrogens with one attached hydrogen (secondary N) is 2.